The number of hydrogen-bond donors (Lipinski definition) is 2. The second-order valence-electron chi connectivity index (χ2n) is 5.97. The van der Waals surface area contributed by atoms with Crippen molar-refractivity contribution in [2.45, 2.75) is 38.9 Å². The van der Waals surface area contributed by atoms with Crippen LogP contribution in [0.5, 0.6) is 0 Å². The maximum absolute atomic E-state index is 12.0. The molecule has 110 valence electrons. The van der Waals surface area contributed by atoms with Crippen molar-refractivity contribution in [3.8, 4) is 0 Å². The Hall–Kier alpha value is -1.75. The molecule has 0 spiro atoms. The molecule has 5 heteroatoms. The third-order valence-electron chi connectivity index (χ3n) is 3.00. The van der Waals surface area contributed by atoms with Crippen LogP contribution in [0.15, 0.2) is 18.2 Å². The Bertz CT molecular complexity index is 490. The molecule has 1 unspecified atom stereocenters. The number of carbonyl (C=O) groups is 1. The SMILES string of the molecule is CC(C)(C)OC(=O)c1ccc(N)c(NCC2CCO2)c1. The predicted octanol–water partition coefficient (Wildman–Crippen LogP) is 2.42. The van der Waals surface area contributed by atoms with E-state index in [1.165, 1.54) is 0 Å². The van der Waals surface area contributed by atoms with Gasteiger partial charge in [-0.2, -0.15) is 0 Å². The van der Waals surface area contributed by atoms with E-state index >= 15 is 0 Å². The highest BCUT2D eigenvalue weighted by Gasteiger charge is 2.20. The summed E-state index contributed by atoms with van der Waals surface area (Å²) in [5, 5.41) is 3.22. The number of carbonyl (C=O) groups excluding carboxylic acids is 1. The quantitative estimate of drug-likeness (QED) is 0.653. The molecule has 1 aromatic carbocycles. The van der Waals surface area contributed by atoms with E-state index in [2.05, 4.69) is 5.32 Å². The van der Waals surface area contributed by atoms with E-state index in [-0.39, 0.29) is 12.1 Å². The van der Waals surface area contributed by atoms with Gasteiger partial charge in [0.05, 0.1) is 23.0 Å². The van der Waals surface area contributed by atoms with Crippen LogP contribution in [0, 0.1) is 0 Å². The second kappa shape index (κ2) is 5.71. The molecule has 0 aromatic heterocycles. The maximum Gasteiger partial charge on any atom is 0.338 e. The van der Waals surface area contributed by atoms with Crippen molar-refractivity contribution in [1.82, 2.24) is 0 Å². The van der Waals surface area contributed by atoms with Crippen molar-refractivity contribution in [1.29, 1.82) is 0 Å². The molecule has 3 N–H and O–H groups in total. The van der Waals surface area contributed by atoms with Crippen molar-refractivity contribution < 1.29 is 14.3 Å². The fourth-order valence-corrected chi connectivity index (χ4v) is 1.84. The van der Waals surface area contributed by atoms with Gasteiger partial charge in [0.2, 0.25) is 0 Å². The molecule has 5 nitrogen and oxygen atoms in total. The van der Waals surface area contributed by atoms with Gasteiger partial charge in [-0.25, -0.2) is 4.79 Å². The van der Waals surface area contributed by atoms with E-state index in [1.807, 2.05) is 20.8 Å². The van der Waals surface area contributed by atoms with Gasteiger partial charge in [0.25, 0.3) is 0 Å². The minimum atomic E-state index is -0.508. The molecule has 1 saturated heterocycles. The minimum Gasteiger partial charge on any atom is -0.456 e. The first-order valence-corrected chi connectivity index (χ1v) is 6.83. The van der Waals surface area contributed by atoms with E-state index in [1.54, 1.807) is 18.2 Å². The van der Waals surface area contributed by atoms with Crippen LogP contribution in [0.3, 0.4) is 0 Å². The monoisotopic (exact) mass is 278 g/mol. The second-order valence-corrected chi connectivity index (χ2v) is 5.97. The van der Waals surface area contributed by atoms with Gasteiger partial charge >= 0.3 is 5.97 Å². The number of hydrogen-bond acceptors (Lipinski definition) is 5. The lowest BCUT2D eigenvalue weighted by Gasteiger charge is -2.27. The third kappa shape index (κ3) is 3.87. The Balaban J connectivity index is 2.04. The largest absolute Gasteiger partial charge is 0.456 e. The fourth-order valence-electron chi connectivity index (χ4n) is 1.84. The van der Waals surface area contributed by atoms with E-state index in [4.69, 9.17) is 15.2 Å². The van der Waals surface area contributed by atoms with Gasteiger partial charge in [0.15, 0.2) is 0 Å². The van der Waals surface area contributed by atoms with Gasteiger partial charge in [-0.15, -0.1) is 0 Å². The van der Waals surface area contributed by atoms with Crippen molar-refractivity contribution in [2.75, 3.05) is 24.2 Å². The smallest absolute Gasteiger partial charge is 0.338 e. The topological polar surface area (TPSA) is 73.6 Å². The number of esters is 1. The van der Waals surface area contributed by atoms with Gasteiger partial charge in [0.1, 0.15) is 5.60 Å². The molecular formula is C15H22N2O3. The zero-order valence-electron chi connectivity index (χ0n) is 12.2. The van der Waals surface area contributed by atoms with Gasteiger partial charge < -0.3 is 20.5 Å². The number of nitrogen functional groups attached to an aromatic ring is 1. The van der Waals surface area contributed by atoms with E-state index < -0.39 is 5.60 Å². The molecule has 1 atom stereocenters. The lowest BCUT2D eigenvalue weighted by Crippen LogP contribution is -2.33. The summed E-state index contributed by atoms with van der Waals surface area (Å²) in [5.41, 5.74) is 7.24. The lowest BCUT2D eigenvalue weighted by atomic mass is 10.1. The van der Waals surface area contributed by atoms with E-state index in [0.717, 1.165) is 18.7 Å². The van der Waals surface area contributed by atoms with Gasteiger partial charge in [-0.1, -0.05) is 0 Å². The molecule has 2 rings (SSSR count). The van der Waals surface area contributed by atoms with Crippen molar-refractivity contribution in [3.63, 3.8) is 0 Å². The molecule has 20 heavy (non-hydrogen) atoms. The van der Waals surface area contributed by atoms with Crippen molar-refractivity contribution >= 4 is 17.3 Å². The summed E-state index contributed by atoms with van der Waals surface area (Å²) in [5.74, 6) is -0.347. The number of ether oxygens (including phenoxy) is 2. The first-order chi connectivity index (χ1) is 9.35. The molecule has 0 aliphatic carbocycles. The standard InChI is InChI=1S/C15H22N2O3/c1-15(2,3)20-14(18)10-4-5-12(16)13(8-10)17-9-11-6-7-19-11/h4-5,8,11,17H,6-7,9,16H2,1-3H3. The number of nitrogens with two attached hydrogens (primary N) is 1. The molecule has 1 fully saturated rings. The highest BCUT2D eigenvalue weighted by atomic mass is 16.6. The molecule has 1 heterocycles. The fraction of sp³-hybridized carbons (Fsp3) is 0.533. The van der Waals surface area contributed by atoms with Crippen LogP contribution >= 0.6 is 0 Å². The summed E-state index contributed by atoms with van der Waals surface area (Å²) in [6.45, 7) is 7.04. The first kappa shape index (κ1) is 14.7. The average Bonchev–Trinajstić information content (AvgIpc) is 2.27. The minimum absolute atomic E-state index is 0.236. The molecule has 1 aromatic rings. The highest BCUT2D eigenvalue weighted by Crippen LogP contribution is 2.23. The van der Waals surface area contributed by atoms with Gasteiger partial charge in [-0.05, 0) is 45.4 Å². The van der Waals surface area contributed by atoms with Gasteiger partial charge in [-0.3, -0.25) is 0 Å². The molecule has 1 aliphatic heterocycles. The van der Waals surface area contributed by atoms with Crippen LogP contribution in [0.1, 0.15) is 37.6 Å². The Morgan fingerprint density at radius 3 is 2.75 bits per heavy atom. The Labute approximate surface area is 119 Å². The zero-order valence-corrected chi connectivity index (χ0v) is 12.2. The molecule has 1 aliphatic rings. The molecule has 0 saturated carbocycles. The number of benzene rings is 1. The molecule has 0 amide bonds. The van der Waals surface area contributed by atoms with Crippen LogP contribution in [0.4, 0.5) is 11.4 Å². The molecular weight excluding hydrogens is 256 g/mol. The zero-order chi connectivity index (χ0) is 14.8. The van der Waals surface area contributed by atoms with Crippen molar-refractivity contribution in [2.24, 2.45) is 0 Å². The van der Waals surface area contributed by atoms with E-state index in [9.17, 15) is 4.79 Å². The summed E-state index contributed by atoms with van der Waals surface area (Å²) in [6, 6.07) is 5.11. The molecule has 0 radical (unpaired) electrons. The summed E-state index contributed by atoms with van der Waals surface area (Å²) >= 11 is 0. The lowest BCUT2D eigenvalue weighted by molar-refractivity contribution is -0.0410. The molecule has 0 bridgehead atoms. The third-order valence-corrected chi connectivity index (χ3v) is 3.00. The normalized spacial score (nSPS) is 18.2. The summed E-state index contributed by atoms with van der Waals surface area (Å²) in [6.07, 6.45) is 1.29. The summed E-state index contributed by atoms with van der Waals surface area (Å²) < 4.78 is 10.7. The predicted molar refractivity (Wildman–Crippen MR) is 78.9 cm³/mol. The first-order valence-electron chi connectivity index (χ1n) is 6.83. The van der Waals surface area contributed by atoms with Crippen LogP contribution in [-0.4, -0.2) is 30.8 Å². The highest BCUT2D eigenvalue weighted by molar-refractivity contribution is 5.92. The van der Waals surface area contributed by atoms with Crippen LogP contribution in [0.25, 0.3) is 0 Å². The summed E-state index contributed by atoms with van der Waals surface area (Å²) in [7, 11) is 0. The van der Waals surface area contributed by atoms with Crippen LogP contribution < -0.4 is 11.1 Å². The summed E-state index contributed by atoms with van der Waals surface area (Å²) in [4.78, 5) is 12.0. The van der Waals surface area contributed by atoms with Gasteiger partial charge in [0, 0.05) is 13.2 Å². The van der Waals surface area contributed by atoms with Crippen LogP contribution in [0.2, 0.25) is 0 Å². The maximum atomic E-state index is 12.0. The number of nitrogens with one attached hydrogen (secondary N) is 1. The Morgan fingerprint density at radius 2 is 2.20 bits per heavy atom. The Kier molecular flexibility index (Phi) is 4.18. The number of rotatable bonds is 4. The number of anilines is 2. The van der Waals surface area contributed by atoms with Crippen molar-refractivity contribution in [3.05, 3.63) is 23.8 Å². The van der Waals surface area contributed by atoms with Crippen LogP contribution in [-0.2, 0) is 9.47 Å². The average molecular weight is 278 g/mol. The Morgan fingerprint density at radius 1 is 1.50 bits per heavy atom. The van der Waals surface area contributed by atoms with E-state index in [0.29, 0.717) is 17.8 Å².